The minimum atomic E-state index is -1.42. The van der Waals surface area contributed by atoms with Crippen molar-refractivity contribution >= 4 is 9.29 Å². The third-order valence-electron chi connectivity index (χ3n) is 1.34. The van der Waals surface area contributed by atoms with E-state index in [0.29, 0.717) is 0 Å². The van der Waals surface area contributed by atoms with Crippen molar-refractivity contribution in [3.8, 4) is 0 Å². The standard InChI is InChI=1S/C6H15N.O2Si/c1-4-7(5-2)6-3;1-3-2/h4-6H2,1-3H3;. The van der Waals surface area contributed by atoms with Gasteiger partial charge in [0, 0.05) is 0 Å². The van der Waals surface area contributed by atoms with Crippen molar-refractivity contribution < 1.29 is 8.92 Å². The van der Waals surface area contributed by atoms with E-state index in [4.69, 9.17) is 8.92 Å². The third-order valence-corrected chi connectivity index (χ3v) is 1.34. The van der Waals surface area contributed by atoms with Crippen LogP contribution in [0.3, 0.4) is 0 Å². The first-order valence-corrected chi connectivity index (χ1v) is 4.29. The minimum Gasteiger partial charge on any atom is -0.304 e. The van der Waals surface area contributed by atoms with Gasteiger partial charge < -0.3 is 4.90 Å². The molecular weight excluding hydrogens is 146 g/mol. The fourth-order valence-electron chi connectivity index (χ4n) is 0.671. The molecule has 0 rings (SSSR count). The zero-order valence-corrected chi connectivity index (χ0v) is 7.89. The Morgan fingerprint density at radius 3 is 1.20 bits per heavy atom. The third kappa shape index (κ3) is 10.7. The van der Waals surface area contributed by atoms with E-state index in [1.165, 1.54) is 19.6 Å². The van der Waals surface area contributed by atoms with E-state index >= 15 is 0 Å². The van der Waals surface area contributed by atoms with Gasteiger partial charge in [0.15, 0.2) is 0 Å². The fourth-order valence-corrected chi connectivity index (χ4v) is 0.671. The Hall–Kier alpha value is -0.223. The van der Waals surface area contributed by atoms with Crippen LogP contribution in [0.1, 0.15) is 20.8 Å². The molecule has 0 aromatic carbocycles. The molecule has 0 saturated heterocycles. The van der Waals surface area contributed by atoms with E-state index in [9.17, 15) is 0 Å². The van der Waals surface area contributed by atoms with E-state index < -0.39 is 9.29 Å². The molecule has 0 heterocycles. The molecule has 3 nitrogen and oxygen atoms in total. The summed E-state index contributed by atoms with van der Waals surface area (Å²) in [6.45, 7) is 10.1. The average Bonchev–Trinajstić information content (AvgIpc) is 1.93. The molecule has 0 bridgehead atoms. The summed E-state index contributed by atoms with van der Waals surface area (Å²) in [6.07, 6.45) is 0. The van der Waals surface area contributed by atoms with E-state index in [1.54, 1.807) is 0 Å². The van der Waals surface area contributed by atoms with Crippen LogP contribution in [0.15, 0.2) is 0 Å². The van der Waals surface area contributed by atoms with Gasteiger partial charge in [-0.2, -0.15) is 0 Å². The second kappa shape index (κ2) is 11.6. The molecule has 0 fully saturated rings. The lowest BCUT2D eigenvalue weighted by atomic mass is 10.5. The van der Waals surface area contributed by atoms with Gasteiger partial charge in [-0.05, 0) is 19.6 Å². The largest absolute Gasteiger partial charge is 0.549 e. The van der Waals surface area contributed by atoms with Gasteiger partial charge in [-0.15, -0.1) is 0 Å². The first-order chi connectivity index (χ1) is 4.76. The van der Waals surface area contributed by atoms with Gasteiger partial charge in [-0.3, -0.25) is 8.92 Å². The van der Waals surface area contributed by atoms with Crippen LogP contribution in [0.2, 0.25) is 0 Å². The quantitative estimate of drug-likeness (QED) is 0.573. The summed E-state index contributed by atoms with van der Waals surface area (Å²) in [4.78, 5) is 2.38. The topological polar surface area (TPSA) is 37.4 Å². The molecular formula is C6H15NO2Si. The average molecular weight is 161 g/mol. The highest BCUT2D eigenvalue weighted by atomic mass is 28.2. The molecule has 0 aliphatic heterocycles. The molecule has 0 aromatic rings. The molecule has 10 heavy (non-hydrogen) atoms. The summed E-state index contributed by atoms with van der Waals surface area (Å²) in [6, 6.07) is 0. The maximum absolute atomic E-state index is 8.40. The SMILES string of the molecule is CCN(CC)CC.O=[Si]=O. The number of rotatable bonds is 3. The van der Waals surface area contributed by atoms with Gasteiger partial charge in [0.2, 0.25) is 0 Å². The molecule has 0 atom stereocenters. The lowest BCUT2D eigenvalue weighted by Crippen LogP contribution is -2.21. The van der Waals surface area contributed by atoms with Crippen LogP contribution in [-0.4, -0.2) is 33.8 Å². The lowest BCUT2D eigenvalue weighted by Gasteiger charge is -2.13. The molecule has 0 radical (unpaired) electrons. The Labute approximate surface area is 64.4 Å². The first kappa shape index (κ1) is 12.5. The highest BCUT2D eigenvalue weighted by Gasteiger charge is 1.89. The molecule has 0 aliphatic carbocycles. The molecule has 0 unspecified atom stereocenters. The van der Waals surface area contributed by atoms with Crippen LogP contribution in [0.5, 0.6) is 0 Å². The fraction of sp³-hybridized carbons (Fsp3) is 1.00. The van der Waals surface area contributed by atoms with Gasteiger partial charge in [-0.1, -0.05) is 20.8 Å². The Kier molecular flexibility index (Phi) is 14.4. The highest BCUT2D eigenvalue weighted by molar-refractivity contribution is 5.94. The Morgan fingerprint density at radius 2 is 1.20 bits per heavy atom. The van der Waals surface area contributed by atoms with E-state index in [2.05, 4.69) is 25.7 Å². The predicted molar refractivity (Wildman–Crippen MR) is 40.6 cm³/mol. The smallest absolute Gasteiger partial charge is 0.304 e. The van der Waals surface area contributed by atoms with Gasteiger partial charge in [-0.25, -0.2) is 0 Å². The molecule has 0 amide bonds. The van der Waals surface area contributed by atoms with Crippen molar-refractivity contribution in [1.82, 2.24) is 4.90 Å². The Balaban J connectivity index is 0. The summed E-state index contributed by atoms with van der Waals surface area (Å²) in [5.41, 5.74) is 0. The second-order valence-electron chi connectivity index (χ2n) is 1.70. The van der Waals surface area contributed by atoms with Crippen molar-refractivity contribution in [1.29, 1.82) is 0 Å². The molecule has 60 valence electrons. The summed E-state index contributed by atoms with van der Waals surface area (Å²) in [5, 5.41) is 0. The summed E-state index contributed by atoms with van der Waals surface area (Å²) in [7, 11) is -1.42. The molecule has 0 saturated carbocycles. The number of hydrogen-bond acceptors (Lipinski definition) is 3. The van der Waals surface area contributed by atoms with Crippen LogP contribution in [-0.2, 0) is 8.92 Å². The van der Waals surface area contributed by atoms with E-state index in [-0.39, 0.29) is 0 Å². The summed E-state index contributed by atoms with van der Waals surface area (Å²) < 4.78 is 16.8. The van der Waals surface area contributed by atoms with Gasteiger partial charge in [0.1, 0.15) is 0 Å². The van der Waals surface area contributed by atoms with Gasteiger partial charge in [0.05, 0.1) is 0 Å². The molecule has 0 N–H and O–H groups in total. The molecule has 0 aliphatic rings. The summed E-state index contributed by atoms with van der Waals surface area (Å²) in [5.74, 6) is 0. The maximum atomic E-state index is 8.40. The van der Waals surface area contributed by atoms with Gasteiger partial charge in [0.25, 0.3) is 0 Å². The lowest BCUT2D eigenvalue weighted by molar-refractivity contribution is 0.321. The van der Waals surface area contributed by atoms with Gasteiger partial charge >= 0.3 is 9.29 Å². The van der Waals surface area contributed by atoms with Crippen molar-refractivity contribution in [2.45, 2.75) is 20.8 Å². The van der Waals surface area contributed by atoms with Crippen molar-refractivity contribution in [3.05, 3.63) is 0 Å². The summed E-state index contributed by atoms with van der Waals surface area (Å²) >= 11 is 0. The Bertz CT molecular complexity index is 82.2. The predicted octanol–water partition coefficient (Wildman–Crippen LogP) is 0.730. The second-order valence-corrected chi connectivity index (χ2v) is 1.87. The first-order valence-electron chi connectivity index (χ1n) is 3.48. The zero-order chi connectivity index (χ0) is 8.41. The van der Waals surface area contributed by atoms with Crippen LogP contribution < -0.4 is 0 Å². The minimum absolute atomic E-state index is 1.19. The van der Waals surface area contributed by atoms with Crippen LogP contribution in [0, 0.1) is 0 Å². The monoisotopic (exact) mass is 161 g/mol. The molecule has 4 heteroatoms. The highest BCUT2D eigenvalue weighted by Crippen LogP contribution is 1.81. The normalized spacial score (nSPS) is 8.00. The van der Waals surface area contributed by atoms with Crippen molar-refractivity contribution in [2.24, 2.45) is 0 Å². The number of hydrogen-bond donors (Lipinski definition) is 0. The van der Waals surface area contributed by atoms with E-state index in [1.807, 2.05) is 0 Å². The number of nitrogens with zero attached hydrogens (tertiary/aromatic N) is 1. The maximum Gasteiger partial charge on any atom is 0.549 e. The van der Waals surface area contributed by atoms with Crippen LogP contribution in [0.4, 0.5) is 0 Å². The van der Waals surface area contributed by atoms with E-state index in [0.717, 1.165) is 0 Å². The molecule has 0 aromatic heterocycles. The van der Waals surface area contributed by atoms with Crippen molar-refractivity contribution in [3.63, 3.8) is 0 Å². The molecule has 0 spiro atoms. The Morgan fingerprint density at radius 1 is 1.00 bits per heavy atom. The zero-order valence-electron chi connectivity index (χ0n) is 6.89. The van der Waals surface area contributed by atoms with Crippen LogP contribution in [0.25, 0.3) is 0 Å². The van der Waals surface area contributed by atoms with Crippen molar-refractivity contribution in [2.75, 3.05) is 19.6 Å². The van der Waals surface area contributed by atoms with Crippen LogP contribution >= 0.6 is 0 Å².